The van der Waals surface area contributed by atoms with Gasteiger partial charge in [-0.1, -0.05) is 27.7 Å². The Morgan fingerprint density at radius 2 is 1.05 bits per heavy atom. The van der Waals surface area contributed by atoms with E-state index in [0.717, 1.165) is 6.42 Å². The van der Waals surface area contributed by atoms with Gasteiger partial charge in [0.05, 0.1) is 53.2 Å². The zero-order chi connectivity index (χ0) is 48.2. The highest BCUT2D eigenvalue weighted by molar-refractivity contribution is 7.93. The molecule has 2 aliphatic carbocycles. The predicted octanol–water partition coefficient (Wildman–Crippen LogP) is 4.54. The van der Waals surface area contributed by atoms with Gasteiger partial charge in [-0.3, -0.25) is 8.37 Å². The number of alkyl halides is 9. The Labute approximate surface area is 366 Å². The molecule has 0 aromatic heterocycles. The Morgan fingerprint density at radius 3 is 1.45 bits per heavy atom. The monoisotopic (exact) mass is 1040 g/mol. The van der Waals surface area contributed by atoms with E-state index < -0.39 is 138 Å². The van der Waals surface area contributed by atoms with Crippen LogP contribution in [0.3, 0.4) is 0 Å². The second kappa shape index (κ2) is 15.5. The molecule has 11 rings (SSSR count). The molecule has 28 heteroatoms. The Kier molecular flexibility index (Phi) is 12.3. The lowest BCUT2D eigenvalue weighted by atomic mass is 9.75. The van der Waals surface area contributed by atoms with E-state index >= 15 is 0 Å². The van der Waals surface area contributed by atoms with Crippen molar-refractivity contribution >= 4 is 49.7 Å². The molecule has 64 heavy (non-hydrogen) atoms. The summed E-state index contributed by atoms with van der Waals surface area (Å²) < 4.78 is 242. The van der Waals surface area contributed by atoms with E-state index in [1.54, 1.807) is 20.8 Å². The molecule has 2 saturated carbocycles. The molecule has 0 aromatic carbocycles. The lowest BCUT2D eigenvalue weighted by Gasteiger charge is -2.35. The molecule has 9 aliphatic heterocycles. The molecule has 0 radical (unpaired) electrons. The van der Waals surface area contributed by atoms with Crippen molar-refractivity contribution in [3.05, 3.63) is 0 Å². The summed E-state index contributed by atoms with van der Waals surface area (Å²) in [6.45, 7) is 9.05. The molecule has 0 amide bonds. The quantitative estimate of drug-likeness (QED) is 0.241. The van der Waals surface area contributed by atoms with Crippen LogP contribution < -0.4 is 0 Å². The van der Waals surface area contributed by atoms with Crippen molar-refractivity contribution in [2.24, 2.45) is 47.3 Å². The molecule has 372 valence electrons. The van der Waals surface area contributed by atoms with Crippen molar-refractivity contribution in [1.82, 2.24) is 0 Å². The Hall–Kier alpha value is -1.04. The minimum Gasteiger partial charge on any atom is -0.372 e. The topological polar surface area (TPSA) is 208 Å². The summed E-state index contributed by atoms with van der Waals surface area (Å²) in [7, 11) is -18.5. The van der Waals surface area contributed by atoms with Gasteiger partial charge < -0.3 is 9.47 Å². The van der Waals surface area contributed by atoms with Gasteiger partial charge in [0.1, 0.15) is 12.2 Å². The fourth-order valence-corrected chi connectivity index (χ4v) is 23.0. The van der Waals surface area contributed by atoms with E-state index in [4.69, 9.17) is 9.47 Å². The van der Waals surface area contributed by atoms with Gasteiger partial charge in [0, 0.05) is 24.7 Å². The van der Waals surface area contributed by atoms with Crippen molar-refractivity contribution in [2.75, 3.05) is 28.8 Å². The fraction of sp³-hybridized carbons (Fsp3) is 1.00. The van der Waals surface area contributed by atoms with Crippen molar-refractivity contribution in [3.63, 3.8) is 0 Å². The number of hydrogen-bond acceptors (Lipinski definition) is 14. The number of rotatable bonds is 0. The smallest absolute Gasteiger partial charge is 0.372 e. The van der Waals surface area contributed by atoms with E-state index in [9.17, 15) is 81.6 Å². The molecule has 0 N–H and O–H groups in total. The number of fused-ring (bicyclic) bond motifs is 3. The third kappa shape index (κ3) is 7.50. The minimum atomic E-state index is -4.85. The van der Waals surface area contributed by atoms with Crippen molar-refractivity contribution in [2.45, 2.75) is 143 Å². The van der Waals surface area contributed by atoms with Crippen LogP contribution in [0.25, 0.3) is 0 Å². The summed E-state index contributed by atoms with van der Waals surface area (Å²) in [5, 5.41) is 0. The van der Waals surface area contributed by atoms with Gasteiger partial charge in [-0.05, 0) is 68.1 Å². The van der Waals surface area contributed by atoms with E-state index in [2.05, 4.69) is 8.37 Å². The summed E-state index contributed by atoms with van der Waals surface area (Å²) in [4.78, 5) is 0. The number of sulfone groups is 3. The zero-order valence-electron chi connectivity index (χ0n) is 35.0. The van der Waals surface area contributed by atoms with Crippen molar-refractivity contribution in [3.8, 4) is 0 Å². The Morgan fingerprint density at radius 1 is 0.531 bits per heavy atom. The second-order valence-electron chi connectivity index (χ2n) is 19.5. The highest BCUT2D eigenvalue weighted by Gasteiger charge is 2.84. The van der Waals surface area contributed by atoms with E-state index in [1.165, 1.54) is 0 Å². The fourth-order valence-electron chi connectivity index (χ4n) is 12.3. The maximum atomic E-state index is 13.1. The first kappa shape index (κ1) is 50.8. The molecular weight excluding hydrogens is 988 g/mol. The SMILES string of the molecule is CC1C2CC3(C(F)(F)F)C(O2)C1CS3(=O)=O.CC1C2CC3(C(F)(F)F)C(O2)C1OS3(=O)=O.CC1C2CC3C1CS(=O)(=O)C3(C(F)(F)F)C2.CC1CCS(=O)(=O)C1.CC1CCS(=O)(=O)O1. The molecule has 0 spiro atoms. The van der Waals surface area contributed by atoms with Crippen LogP contribution in [-0.2, 0) is 67.6 Å². The van der Waals surface area contributed by atoms with Crippen molar-refractivity contribution < 1.29 is 99.4 Å². The van der Waals surface area contributed by atoms with E-state index in [1.807, 2.05) is 13.8 Å². The molecule has 17 atom stereocenters. The Bertz CT molecular complexity index is 2190. The molecular formula is C36H51F9O14S5. The lowest BCUT2D eigenvalue weighted by Crippen LogP contribution is -2.56. The van der Waals surface area contributed by atoms with Crippen LogP contribution >= 0.6 is 0 Å². The zero-order valence-corrected chi connectivity index (χ0v) is 39.1. The summed E-state index contributed by atoms with van der Waals surface area (Å²) in [5.41, 5.74) is 0. The maximum Gasteiger partial charge on any atom is 0.413 e. The third-order valence-electron chi connectivity index (χ3n) is 15.9. The van der Waals surface area contributed by atoms with Gasteiger partial charge in [0.15, 0.2) is 39.0 Å². The molecule has 14 nitrogen and oxygen atoms in total. The van der Waals surface area contributed by atoms with E-state index in [0.29, 0.717) is 30.3 Å². The van der Waals surface area contributed by atoms with Crippen LogP contribution in [0.2, 0.25) is 0 Å². The normalized spacial score (nSPS) is 49.0. The first-order chi connectivity index (χ1) is 28.8. The average molecular weight is 1040 g/mol. The minimum absolute atomic E-state index is 0.0473. The van der Waals surface area contributed by atoms with Crippen LogP contribution in [0.1, 0.15) is 73.1 Å². The van der Waals surface area contributed by atoms with Gasteiger partial charge in [-0.15, -0.1) is 0 Å². The molecule has 17 unspecified atom stereocenters. The maximum absolute atomic E-state index is 13.1. The van der Waals surface area contributed by atoms with Gasteiger partial charge in [0.2, 0.25) is 4.75 Å². The summed E-state index contributed by atoms with van der Waals surface area (Å²) in [5.74, 6) is -0.936. The van der Waals surface area contributed by atoms with Crippen LogP contribution in [0.4, 0.5) is 39.5 Å². The summed E-state index contributed by atoms with van der Waals surface area (Å²) in [6.07, 6.45) is -18.2. The van der Waals surface area contributed by atoms with Crippen LogP contribution in [0.15, 0.2) is 0 Å². The number of ether oxygens (including phenoxy) is 2. The highest BCUT2D eigenvalue weighted by atomic mass is 32.2. The highest BCUT2D eigenvalue weighted by Crippen LogP contribution is 2.69. The first-order valence-electron chi connectivity index (χ1n) is 20.8. The van der Waals surface area contributed by atoms with Crippen LogP contribution in [0.5, 0.6) is 0 Å². The molecule has 9 heterocycles. The summed E-state index contributed by atoms with van der Waals surface area (Å²) in [6, 6.07) is 0. The molecule has 11 aliphatic rings. The summed E-state index contributed by atoms with van der Waals surface area (Å²) >= 11 is 0. The van der Waals surface area contributed by atoms with Crippen LogP contribution in [0, 0.1) is 47.3 Å². The van der Waals surface area contributed by atoms with E-state index in [-0.39, 0.29) is 59.4 Å². The van der Waals surface area contributed by atoms with Crippen molar-refractivity contribution in [1.29, 1.82) is 0 Å². The van der Waals surface area contributed by atoms with Gasteiger partial charge >= 0.3 is 18.5 Å². The molecule has 6 bridgehead atoms. The molecule has 11 fully saturated rings. The average Bonchev–Trinajstić information content (AvgIpc) is 3.99. The van der Waals surface area contributed by atoms with Gasteiger partial charge in [0.25, 0.3) is 20.2 Å². The van der Waals surface area contributed by atoms with Gasteiger partial charge in [-0.2, -0.15) is 56.3 Å². The largest absolute Gasteiger partial charge is 0.413 e. The number of hydrogen-bond donors (Lipinski definition) is 0. The second-order valence-corrected chi connectivity index (χ2v) is 29.9. The lowest BCUT2D eigenvalue weighted by molar-refractivity contribution is -0.175. The van der Waals surface area contributed by atoms with Gasteiger partial charge in [-0.25, -0.2) is 25.3 Å². The first-order valence-corrected chi connectivity index (χ1v) is 28.9. The standard InChI is InChI=1S/C10H13F3O2S.C9H11F3O3S.C8H9F3O4S.C5H10O2S.C4H8O3S/c1-5-6-2-8-7(5)4-16(14,15)9(8,3-6)10(11,12)13;1-4-5-3-16(13,14)8(9(10,11)12)2-6(4)15-7(5)8;1-3-4-2-7(8(9,10)11)6(14-4)5(3)15-16(7,12)13;1-5-2-3-8(6,7)4-5;1-4-2-3-8(5,6)7-4/h5-8H,2-4H2,1H3;4-7H,2-3H2,1H3;3-6H,2H2,1H3;5H,2-4H2,1H3;4H,2-3H2,1H3. The Balaban J connectivity index is 0.000000123. The van der Waals surface area contributed by atoms with Crippen LogP contribution in [-0.4, -0.2) is 140 Å². The molecule has 9 saturated heterocycles. The third-order valence-corrected chi connectivity index (χ3v) is 26.4. The number of halogens is 9. The predicted molar refractivity (Wildman–Crippen MR) is 206 cm³/mol. The molecule has 0 aromatic rings.